The lowest BCUT2D eigenvalue weighted by molar-refractivity contribution is -0.138. The van der Waals surface area contributed by atoms with Gasteiger partial charge in [-0.1, -0.05) is 30.3 Å². The van der Waals surface area contributed by atoms with Crippen molar-refractivity contribution in [3.63, 3.8) is 0 Å². The summed E-state index contributed by atoms with van der Waals surface area (Å²) in [7, 11) is 0. The number of nitrogens with one attached hydrogen (secondary N) is 2. The number of carbonyl (C=O) groups is 2. The van der Waals surface area contributed by atoms with Crippen LogP contribution in [0.1, 0.15) is 35.1 Å². The van der Waals surface area contributed by atoms with Crippen molar-refractivity contribution >= 4 is 17.5 Å². The van der Waals surface area contributed by atoms with E-state index in [1.807, 2.05) is 38.1 Å². The number of hydrogen-bond acceptors (Lipinski definition) is 3. The zero-order chi connectivity index (χ0) is 19.7. The number of aryl methyl sites for hydroxylation is 2. The highest BCUT2D eigenvalue weighted by atomic mass is 16.2. The van der Waals surface area contributed by atoms with Gasteiger partial charge in [-0.05, 0) is 67.5 Å². The van der Waals surface area contributed by atoms with Gasteiger partial charge >= 0.3 is 0 Å². The first kappa shape index (κ1) is 18.7. The number of amides is 2. The van der Waals surface area contributed by atoms with Gasteiger partial charge in [0.1, 0.15) is 6.04 Å². The molecular formula is C23H27N3O2. The second-order valence-corrected chi connectivity index (χ2v) is 7.96. The maximum Gasteiger partial charge on any atom is 0.247 e. The average molecular weight is 377 g/mol. The van der Waals surface area contributed by atoms with E-state index in [2.05, 4.69) is 28.8 Å². The van der Waals surface area contributed by atoms with Gasteiger partial charge in [0.05, 0.1) is 6.04 Å². The summed E-state index contributed by atoms with van der Waals surface area (Å²) in [4.78, 5) is 27.8. The van der Waals surface area contributed by atoms with Gasteiger partial charge in [0, 0.05) is 18.8 Å². The Bertz CT molecular complexity index is 888. The van der Waals surface area contributed by atoms with E-state index in [4.69, 9.17) is 0 Å². The van der Waals surface area contributed by atoms with Crippen molar-refractivity contribution in [2.45, 2.75) is 51.7 Å². The van der Waals surface area contributed by atoms with E-state index in [-0.39, 0.29) is 17.9 Å². The van der Waals surface area contributed by atoms with Crippen LogP contribution in [0.4, 0.5) is 5.69 Å². The fraction of sp³-hybridized carbons (Fsp3) is 0.391. The Balaban J connectivity index is 1.45. The van der Waals surface area contributed by atoms with Crippen molar-refractivity contribution in [3.05, 3.63) is 64.7 Å². The molecule has 2 aromatic rings. The minimum Gasteiger partial charge on any atom is -0.329 e. The molecule has 2 heterocycles. The maximum atomic E-state index is 13.2. The SMILES string of the molecule is Cc1cc(C)cc(NC(=O)[C@@H]2CCCN2C(=O)[C@@H]2Cc3ccccc3CN2)c1. The largest absolute Gasteiger partial charge is 0.329 e. The summed E-state index contributed by atoms with van der Waals surface area (Å²) in [6, 6.07) is 13.6. The van der Waals surface area contributed by atoms with E-state index in [1.165, 1.54) is 11.1 Å². The van der Waals surface area contributed by atoms with Gasteiger partial charge in [0.2, 0.25) is 11.8 Å². The Labute approximate surface area is 166 Å². The van der Waals surface area contributed by atoms with Gasteiger partial charge in [-0.25, -0.2) is 0 Å². The summed E-state index contributed by atoms with van der Waals surface area (Å²) in [5, 5.41) is 6.37. The van der Waals surface area contributed by atoms with Crippen LogP contribution in [0, 0.1) is 13.8 Å². The Morgan fingerprint density at radius 2 is 1.79 bits per heavy atom. The van der Waals surface area contributed by atoms with Crippen LogP contribution in [0.2, 0.25) is 0 Å². The molecule has 0 spiro atoms. The van der Waals surface area contributed by atoms with Crippen LogP contribution < -0.4 is 10.6 Å². The third-order valence-electron chi connectivity index (χ3n) is 5.71. The zero-order valence-electron chi connectivity index (χ0n) is 16.5. The topological polar surface area (TPSA) is 61.4 Å². The molecule has 0 aliphatic carbocycles. The van der Waals surface area contributed by atoms with Gasteiger partial charge in [-0.2, -0.15) is 0 Å². The number of nitrogens with zero attached hydrogens (tertiary/aromatic N) is 1. The van der Waals surface area contributed by atoms with Crippen molar-refractivity contribution < 1.29 is 9.59 Å². The highest BCUT2D eigenvalue weighted by molar-refractivity contribution is 5.98. The Kier molecular flexibility index (Phi) is 5.18. The third kappa shape index (κ3) is 3.80. The fourth-order valence-electron chi connectivity index (χ4n) is 4.40. The molecule has 146 valence electrons. The smallest absolute Gasteiger partial charge is 0.247 e. The van der Waals surface area contributed by atoms with Gasteiger partial charge in [0.15, 0.2) is 0 Å². The Hall–Kier alpha value is -2.66. The highest BCUT2D eigenvalue weighted by Crippen LogP contribution is 2.24. The molecule has 0 unspecified atom stereocenters. The number of likely N-dealkylation sites (tertiary alicyclic amines) is 1. The minimum atomic E-state index is -0.396. The van der Waals surface area contributed by atoms with Crippen LogP contribution in [0.15, 0.2) is 42.5 Å². The molecule has 0 bridgehead atoms. The molecule has 0 saturated carbocycles. The van der Waals surface area contributed by atoms with Gasteiger partial charge in [0.25, 0.3) is 0 Å². The lowest BCUT2D eigenvalue weighted by Gasteiger charge is -2.31. The van der Waals surface area contributed by atoms with E-state index in [0.717, 1.165) is 23.2 Å². The minimum absolute atomic E-state index is 0.0348. The van der Waals surface area contributed by atoms with Crippen LogP contribution in [0.5, 0.6) is 0 Å². The molecule has 5 heteroatoms. The molecule has 0 aromatic heterocycles. The molecular weight excluding hydrogens is 350 g/mol. The van der Waals surface area contributed by atoms with Crippen molar-refractivity contribution in [1.82, 2.24) is 10.2 Å². The average Bonchev–Trinajstić information content (AvgIpc) is 3.16. The van der Waals surface area contributed by atoms with E-state index in [0.29, 0.717) is 25.9 Å². The molecule has 28 heavy (non-hydrogen) atoms. The molecule has 2 aromatic carbocycles. The number of rotatable bonds is 3. The first-order valence-electron chi connectivity index (χ1n) is 10.0. The van der Waals surface area contributed by atoms with E-state index < -0.39 is 6.04 Å². The second-order valence-electron chi connectivity index (χ2n) is 7.96. The molecule has 5 nitrogen and oxygen atoms in total. The molecule has 2 amide bonds. The highest BCUT2D eigenvalue weighted by Gasteiger charge is 2.38. The molecule has 4 rings (SSSR count). The van der Waals surface area contributed by atoms with Gasteiger partial charge in [-0.15, -0.1) is 0 Å². The fourth-order valence-corrected chi connectivity index (χ4v) is 4.40. The van der Waals surface area contributed by atoms with Crippen LogP contribution in [-0.2, 0) is 22.6 Å². The number of fused-ring (bicyclic) bond motifs is 1. The molecule has 2 aliphatic rings. The summed E-state index contributed by atoms with van der Waals surface area (Å²) in [6.07, 6.45) is 2.25. The van der Waals surface area contributed by atoms with Crippen molar-refractivity contribution in [1.29, 1.82) is 0 Å². The van der Waals surface area contributed by atoms with Crippen LogP contribution in [-0.4, -0.2) is 35.3 Å². The molecule has 0 radical (unpaired) electrons. The van der Waals surface area contributed by atoms with Crippen molar-refractivity contribution in [2.24, 2.45) is 0 Å². The molecule has 2 N–H and O–H groups in total. The third-order valence-corrected chi connectivity index (χ3v) is 5.71. The molecule has 2 aliphatic heterocycles. The van der Waals surface area contributed by atoms with Gasteiger partial charge in [-0.3, -0.25) is 9.59 Å². The van der Waals surface area contributed by atoms with E-state index in [9.17, 15) is 9.59 Å². The monoisotopic (exact) mass is 377 g/mol. The number of benzene rings is 2. The van der Waals surface area contributed by atoms with Gasteiger partial charge < -0.3 is 15.5 Å². The number of anilines is 1. The Morgan fingerprint density at radius 3 is 2.54 bits per heavy atom. The summed E-state index contributed by atoms with van der Waals surface area (Å²) in [6.45, 7) is 5.37. The normalized spacial score (nSPS) is 21.3. The molecule has 1 saturated heterocycles. The zero-order valence-corrected chi connectivity index (χ0v) is 16.5. The number of carbonyl (C=O) groups excluding carboxylic acids is 2. The van der Waals surface area contributed by atoms with Crippen LogP contribution >= 0.6 is 0 Å². The molecule has 2 atom stereocenters. The predicted molar refractivity (Wildman–Crippen MR) is 110 cm³/mol. The van der Waals surface area contributed by atoms with E-state index in [1.54, 1.807) is 4.90 Å². The standard InChI is InChI=1S/C23H27N3O2/c1-15-10-16(2)12-19(11-15)25-22(27)21-8-5-9-26(21)23(28)20-13-17-6-3-4-7-18(17)14-24-20/h3-4,6-7,10-12,20-21,24H,5,8-9,13-14H2,1-2H3,(H,25,27)/t20-,21-/m0/s1. The number of hydrogen-bond donors (Lipinski definition) is 2. The summed E-state index contributed by atoms with van der Waals surface area (Å²) in [5.74, 6) is -0.0559. The first-order valence-corrected chi connectivity index (χ1v) is 10.0. The quantitative estimate of drug-likeness (QED) is 0.865. The summed E-state index contributed by atoms with van der Waals surface area (Å²) >= 11 is 0. The summed E-state index contributed by atoms with van der Waals surface area (Å²) in [5.41, 5.74) is 5.48. The van der Waals surface area contributed by atoms with Crippen molar-refractivity contribution in [2.75, 3.05) is 11.9 Å². The van der Waals surface area contributed by atoms with E-state index >= 15 is 0 Å². The van der Waals surface area contributed by atoms with Crippen molar-refractivity contribution in [3.8, 4) is 0 Å². The van der Waals surface area contributed by atoms with Crippen LogP contribution in [0.3, 0.4) is 0 Å². The lowest BCUT2D eigenvalue weighted by atomic mass is 9.95. The van der Waals surface area contributed by atoms with Crippen LogP contribution in [0.25, 0.3) is 0 Å². The lowest BCUT2D eigenvalue weighted by Crippen LogP contribution is -2.53. The summed E-state index contributed by atoms with van der Waals surface area (Å²) < 4.78 is 0. The Morgan fingerprint density at radius 1 is 1.07 bits per heavy atom. The maximum absolute atomic E-state index is 13.2. The second kappa shape index (κ2) is 7.76. The predicted octanol–water partition coefficient (Wildman–Crippen LogP) is 2.95. The first-order chi connectivity index (χ1) is 13.5. The molecule has 1 fully saturated rings.